The van der Waals surface area contributed by atoms with E-state index in [1.807, 2.05) is 61.5 Å². The Hall–Kier alpha value is -2.82. The molecule has 2 aromatic rings. The van der Waals surface area contributed by atoms with Crippen LogP contribution in [0, 0.1) is 6.92 Å². The second kappa shape index (κ2) is 7.98. The predicted octanol–water partition coefficient (Wildman–Crippen LogP) is 3.17. The monoisotopic (exact) mass is 311 g/mol. The van der Waals surface area contributed by atoms with Gasteiger partial charge in [-0.25, -0.2) is 4.79 Å². The Morgan fingerprint density at radius 1 is 1.00 bits per heavy atom. The van der Waals surface area contributed by atoms with Crippen LogP contribution in [0.1, 0.15) is 12.5 Å². The number of rotatable bonds is 5. The van der Waals surface area contributed by atoms with Crippen molar-refractivity contribution in [1.29, 1.82) is 0 Å². The quantitative estimate of drug-likeness (QED) is 0.891. The first kappa shape index (κ1) is 16.5. The lowest BCUT2D eigenvalue weighted by molar-refractivity contribution is -0.116. The molecule has 5 nitrogen and oxygen atoms in total. The number of hydrogen-bond acceptors (Lipinski definition) is 2. The van der Waals surface area contributed by atoms with Gasteiger partial charge in [-0.3, -0.25) is 4.79 Å². The van der Waals surface area contributed by atoms with Crippen molar-refractivity contribution < 1.29 is 9.59 Å². The van der Waals surface area contributed by atoms with Gasteiger partial charge < -0.3 is 15.5 Å². The van der Waals surface area contributed by atoms with Gasteiger partial charge in [-0.1, -0.05) is 36.4 Å². The minimum atomic E-state index is -0.288. The minimum Gasteiger partial charge on any atom is -0.336 e. The van der Waals surface area contributed by atoms with Gasteiger partial charge in [0.05, 0.1) is 0 Å². The van der Waals surface area contributed by atoms with Crippen LogP contribution in [0.4, 0.5) is 16.2 Å². The van der Waals surface area contributed by atoms with E-state index in [-0.39, 0.29) is 11.9 Å². The van der Waals surface area contributed by atoms with E-state index >= 15 is 0 Å². The van der Waals surface area contributed by atoms with Crippen LogP contribution in [0.5, 0.6) is 0 Å². The fraction of sp³-hybridized carbons (Fsp3) is 0.222. The number of nitrogens with zero attached hydrogens (tertiary/aromatic N) is 1. The molecule has 0 aliphatic heterocycles. The van der Waals surface area contributed by atoms with Crippen molar-refractivity contribution in [3.63, 3.8) is 0 Å². The lowest BCUT2D eigenvalue weighted by Gasteiger charge is -2.23. The van der Waals surface area contributed by atoms with Crippen molar-refractivity contribution >= 4 is 23.3 Å². The molecule has 0 bridgehead atoms. The van der Waals surface area contributed by atoms with Crippen molar-refractivity contribution in [2.75, 3.05) is 23.3 Å². The van der Waals surface area contributed by atoms with E-state index in [0.717, 1.165) is 16.9 Å². The number of carbonyl (C=O) groups is 2. The molecule has 0 atom stereocenters. The molecule has 2 aromatic carbocycles. The molecule has 23 heavy (non-hydrogen) atoms. The molecular formula is C18H21N3O2. The van der Waals surface area contributed by atoms with Gasteiger partial charge in [0.15, 0.2) is 0 Å². The number of urea groups is 1. The van der Waals surface area contributed by atoms with Gasteiger partial charge in [-0.05, 0) is 30.7 Å². The lowest BCUT2D eigenvalue weighted by Crippen LogP contribution is -2.39. The molecule has 3 amide bonds. The van der Waals surface area contributed by atoms with E-state index in [1.165, 1.54) is 6.92 Å². The summed E-state index contributed by atoms with van der Waals surface area (Å²) in [5.74, 6) is -0.0513. The number of carbonyl (C=O) groups excluding carboxylic acids is 2. The number of para-hydroxylation sites is 2. The van der Waals surface area contributed by atoms with Gasteiger partial charge >= 0.3 is 6.03 Å². The molecular weight excluding hydrogens is 290 g/mol. The highest BCUT2D eigenvalue weighted by Gasteiger charge is 2.13. The molecule has 0 spiro atoms. The largest absolute Gasteiger partial charge is 0.336 e. The highest BCUT2D eigenvalue weighted by molar-refractivity contribution is 5.92. The molecule has 0 aromatic heterocycles. The fourth-order valence-electron chi connectivity index (χ4n) is 2.29. The normalized spacial score (nSPS) is 10.0. The summed E-state index contributed by atoms with van der Waals surface area (Å²) >= 11 is 0. The molecule has 5 heteroatoms. The van der Waals surface area contributed by atoms with E-state index in [4.69, 9.17) is 0 Å². The van der Waals surface area contributed by atoms with E-state index in [9.17, 15) is 9.59 Å². The summed E-state index contributed by atoms with van der Waals surface area (Å²) < 4.78 is 0. The maximum absolute atomic E-state index is 11.9. The Bertz CT molecular complexity index is 671. The first-order valence-corrected chi connectivity index (χ1v) is 7.51. The zero-order valence-electron chi connectivity index (χ0n) is 13.4. The van der Waals surface area contributed by atoms with Crippen LogP contribution in [0.25, 0.3) is 0 Å². The van der Waals surface area contributed by atoms with Gasteiger partial charge in [-0.2, -0.15) is 0 Å². The molecule has 2 N–H and O–H groups in total. The molecule has 0 aliphatic rings. The fourth-order valence-corrected chi connectivity index (χ4v) is 2.29. The summed E-state index contributed by atoms with van der Waals surface area (Å²) in [6, 6.07) is 16.6. The highest BCUT2D eigenvalue weighted by atomic mass is 16.2. The van der Waals surface area contributed by atoms with Crippen molar-refractivity contribution in [2.24, 2.45) is 0 Å². The van der Waals surface area contributed by atoms with Gasteiger partial charge in [0.1, 0.15) is 0 Å². The van der Waals surface area contributed by atoms with Crippen LogP contribution in [-0.2, 0) is 4.79 Å². The number of hydrogen-bond donors (Lipinski definition) is 2. The van der Waals surface area contributed by atoms with Crippen molar-refractivity contribution in [1.82, 2.24) is 5.32 Å². The first-order chi connectivity index (χ1) is 11.1. The Kier molecular flexibility index (Phi) is 5.74. The molecule has 0 fully saturated rings. The van der Waals surface area contributed by atoms with Gasteiger partial charge in [0, 0.05) is 31.4 Å². The van der Waals surface area contributed by atoms with E-state index in [2.05, 4.69) is 10.6 Å². The molecule has 0 unspecified atom stereocenters. The Balaban J connectivity index is 1.89. The van der Waals surface area contributed by atoms with Crippen LogP contribution in [0.2, 0.25) is 0 Å². The number of benzene rings is 2. The molecule has 0 saturated heterocycles. The third-order valence-corrected chi connectivity index (χ3v) is 3.44. The zero-order chi connectivity index (χ0) is 16.7. The summed E-state index contributed by atoms with van der Waals surface area (Å²) in [5, 5.41) is 5.50. The molecule has 0 aliphatic carbocycles. The van der Waals surface area contributed by atoms with Gasteiger partial charge in [0.2, 0.25) is 5.91 Å². The molecule has 0 heterocycles. The Morgan fingerprint density at radius 2 is 1.65 bits per heavy atom. The Labute approximate surface area is 136 Å². The second-order valence-corrected chi connectivity index (χ2v) is 5.20. The van der Waals surface area contributed by atoms with Gasteiger partial charge in [-0.15, -0.1) is 0 Å². The van der Waals surface area contributed by atoms with Crippen molar-refractivity contribution in [2.45, 2.75) is 13.8 Å². The minimum absolute atomic E-state index is 0.0513. The topological polar surface area (TPSA) is 61.4 Å². The van der Waals surface area contributed by atoms with Crippen LogP contribution in [0.15, 0.2) is 54.6 Å². The maximum Gasteiger partial charge on any atom is 0.319 e. The van der Waals surface area contributed by atoms with Crippen LogP contribution in [0.3, 0.4) is 0 Å². The number of amides is 3. The number of anilines is 2. The lowest BCUT2D eigenvalue weighted by atomic mass is 10.2. The van der Waals surface area contributed by atoms with Crippen molar-refractivity contribution in [3.8, 4) is 0 Å². The second-order valence-electron chi connectivity index (χ2n) is 5.20. The summed E-state index contributed by atoms with van der Waals surface area (Å²) in [6.45, 7) is 4.27. The maximum atomic E-state index is 11.9. The van der Waals surface area contributed by atoms with Crippen molar-refractivity contribution in [3.05, 3.63) is 60.2 Å². The smallest absolute Gasteiger partial charge is 0.319 e. The van der Waals surface area contributed by atoms with Crippen LogP contribution < -0.4 is 15.5 Å². The SMILES string of the molecule is CC(=O)N(CCNC(=O)Nc1ccccc1)c1ccccc1C. The van der Waals surface area contributed by atoms with Crippen LogP contribution >= 0.6 is 0 Å². The summed E-state index contributed by atoms with van der Waals surface area (Å²) in [5.41, 5.74) is 2.62. The molecule has 2 rings (SSSR count). The highest BCUT2D eigenvalue weighted by Crippen LogP contribution is 2.19. The van der Waals surface area contributed by atoms with E-state index < -0.39 is 0 Å². The van der Waals surface area contributed by atoms with E-state index in [0.29, 0.717) is 13.1 Å². The molecule has 0 saturated carbocycles. The molecule has 120 valence electrons. The van der Waals surface area contributed by atoms with Gasteiger partial charge in [0.25, 0.3) is 0 Å². The summed E-state index contributed by atoms with van der Waals surface area (Å²) in [4.78, 5) is 25.4. The summed E-state index contributed by atoms with van der Waals surface area (Å²) in [6.07, 6.45) is 0. The third kappa shape index (κ3) is 4.85. The Morgan fingerprint density at radius 3 is 2.30 bits per heavy atom. The molecule has 0 radical (unpaired) electrons. The predicted molar refractivity (Wildman–Crippen MR) is 92.7 cm³/mol. The van der Waals surface area contributed by atoms with Crippen LogP contribution in [-0.4, -0.2) is 25.0 Å². The summed E-state index contributed by atoms with van der Waals surface area (Å²) in [7, 11) is 0. The average Bonchev–Trinajstić information content (AvgIpc) is 2.53. The zero-order valence-corrected chi connectivity index (χ0v) is 13.4. The standard InChI is InChI=1S/C18H21N3O2/c1-14-8-6-7-11-17(14)21(15(2)22)13-12-19-18(23)20-16-9-4-3-5-10-16/h3-11H,12-13H2,1-2H3,(H2,19,20,23). The average molecular weight is 311 g/mol. The van der Waals surface area contributed by atoms with E-state index in [1.54, 1.807) is 4.90 Å². The third-order valence-electron chi connectivity index (χ3n) is 3.44. The number of nitrogens with one attached hydrogen (secondary N) is 2. The first-order valence-electron chi connectivity index (χ1n) is 7.51. The number of aryl methyl sites for hydroxylation is 1.